The fourth-order valence-electron chi connectivity index (χ4n) is 2.05. The number of phenolic OH excluding ortho intramolecular Hbond substituents is 2. The van der Waals surface area contributed by atoms with E-state index in [1.54, 1.807) is 0 Å². The third kappa shape index (κ3) is 9.41. The van der Waals surface area contributed by atoms with Crippen LogP contribution in [0.4, 0.5) is 0 Å². The van der Waals surface area contributed by atoms with Gasteiger partial charge in [-0.2, -0.15) is 27.0 Å². The fourth-order valence-corrected chi connectivity index (χ4v) is 3.29. The Morgan fingerprint density at radius 1 is 0.706 bits per heavy atom. The van der Waals surface area contributed by atoms with Crippen molar-refractivity contribution in [2.75, 3.05) is 0 Å². The number of aromatic hydroxyl groups is 2. The van der Waals surface area contributed by atoms with Crippen LogP contribution in [0.1, 0.15) is 11.1 Å². The predicted molar refractivity (Wildman–Crippen MR) is 126 cm³/mol. The van der Waals surface area contributed by atoms with E-state index in [4.69, 9.17) is 20.6 Å². The molecule has 2 radical (unpaired) electrons. The van der Waals surface area contributed by atoms with Crippen LogP contribution in [-0.2, 0) is 20.2 Å². The molecular weight excluding hydrogens is 514 g/mol. The van der Waals surface area contributed by atoms with Crippen LogP contribution in [0.5, 0.6) is 11.5 Å². The second-order valence-electron chi connectivity index (χ2n) is 5.86. The van der Waals surface area contributed by atoms with Crippen molar-refractivity contribution in [3.8, 4) is 11.5 Å². The molecule has 14 nitrogen and oxygen atoms in total. The van der Waals surface area contributed by atoms with E-state index in [0.29, 0.717) is 0 Å². The SMILES string of the molecule is NC(=N\N=Cc1ccc(O)c(S(=O)(=O)O)c1)/C(N)=N/N=Cc1ccc(O)c(S(=O)(=O)O)c1.[Na].[Na]. The van der Waals surface area contributed by atoms with Crippen LogP contribution in [0.15, 0.2) is 66.6 Å². The quantitative estimate of drug-likeness (QED) is 0.0865. The average Bonchev–Trinajstić information content (AvgIpc) is 2.68. The van der Waals surface area contributed by atoms with Gasteiger partial charge in [0.15, 0.2) is 11.7 Å². The Morgan fingerprint density at radius 2 is 1.03 bits per heavy atom. The van der Waals surface area contributed by atoms with E-state index in [0.717, 1.165) is 36.7 Å². The maximum atomic E-state index is 11.2. The Balaban J connectivity index is 0.00000544. The van der Waals surface area contributed by atoms with Gasteiger partial charge in [0.1, 0.15) is 21.3 Å². The van der Waals surface area contributed by atoms with Crippen LogP contribution in [0.3, 0.4) is 0 Å². The standard InChI is InChI=1S/C16H16N6O8S2.2Na/c17-15(21-19-7-9-1-3-11(23)13(5-9)31(25,26)27)16(18)22-20-8-10-2-4-12(24)14(6-10)32(28,29)30;;/h1-8,23-24H,(H2,17,21)(H2,18,22)(H,25,26,27)(H,28,29,30);;. The molecule has 0 bridgehead atoms. The second-order valence-corrected chi connectivity index (χ2v) is 8.64. The summed E-state index contributed by atoms with van der Waals surface area (Å²) in [6, 6.07) is 6.52. The number of amidine groups is 2. The first-order valence-corrected chi connectivity index (χ1v) is 11.0. The van der Waals surface area contributed by atoms with Gasteiger partial charge in [-0.05, 0) is 47.5 Å². The molecule has 0 aromatic heterocycles. The van der Waals surface area contributed by atoms with Crippen molar-refractivity contribution in [3.63, 3.8) is 0 Å². The maximum absolute atomic E-state index is 11.2. The van der Waals surface area contributed by atoms with Gasteiger partial charge in [-0.3, -0.25) is 9.11 Å². The zero-order chi connectivity index (χ0) is 24.1. The summed E-state index contributed by atoms with van der Waals surface area (Å²) in [5, 5.41) is 33.1. The molecule has 172 valence electrons. The van der Waals surface area contributed by atoms with Crippen LogP contribution in [-0.4, -0.2) is 119 Å². The smallest absolute Gasteiger partial charge is 0.298 e. The number of nitrogens with two attached hydrogens (primary N) is 2. The fraction of sp³-hybridized carbons (Fsp3) is 0. The average molecular weight is 530 g/mol. The minimum absolute atomic E-state index is 0. The Morgan fingerprint density at radius 3 is 1.32 bits per heavy atom. The largest absolute Gasteiger partial charge is 0.506 e. The third-order valence-corrected chi connectivity index (χ3v) is 5.30. The van der Waals surface area contributed by atoms with Crippen LogP contribution >= 0.6 is 0 Å². The predicted octanol–water partition coefficient (Wildman–Crippen LogP) is -1.09. The minimum Gasteiger partial charge on any atom is -0.506 e. The maximum Gasteiger partial charge on any atom is 0.298 e. The Labute approximate surface area is 238 Å². The molecule has 2 rings (SSSR count). The molecule has 0 amide bonds. The summed E-state index contributed by atoms with van der Waals surface area (Å²) in [5.74, 6) is -2.06. The van der Waals surface area contributed by atoms with Crippen LogP contribution in [0.2, 0.25) is 0 Å². The Hall–Kier alpha value is -1.86. The van der Waals surface area contributed by atoms with Crippen molar-refractivity contribution >= 4 is 103 Å². The normalized spacial score (nSPS) is 13.0. The Bertz CT molecular complexity index is 1270. The van der Waals surface area contributed by atoms with E-state index in [-0.39, 0.29) is 81.9 Å². The first-order chi connectivity index (χ1) is 14.8. The molecule has 0 aliphatic rings. The van der Waals surface area contributed by atoms with E-state index in [1.807, 2.05) is 0 Å². The summed E-state index contributed by atoms with van der Waals surface area (Å²) in [6.07, 6.45) is 2.12. The summed E-state index contributed by atoms with van der Waals surface area (Å²) >= 11 is 0. The van der Waals surface area contributed by atoms with Gasteiger partial charge in [-0.15, -0.1) is 10.2 Å². The molecule has 0 aliphatic carbocycles. The van der Waals surface area contributed by atoms with E-state index in [2.05, 4.69) is 20.4 Å². The number of hydrogen-bond donors (Lipinski definition) is 6. The van der Waals surface area contributed by atoms with Gasteiger partial charge in [0.2, 0.25) is 0 Å². The number of benzene rings is 2. The summed E-state index contributed by atoms with van der Waals surface area (Å²) < 4.78 is 62.7. The number of rotatable bonds is 6. The molecule has 0 unspecified atom stereocenters. The van der Waals surface area contributed by atoms with Crippen molar-refractivity contribution < 1.29 is 36.2 Å². The van der Waals surface area contributed by atoms with Crippen LogP contribution < -0.4 is 11.5 Å². The number of phenols is 2. The van der Waals surface area contributed by atoms with Gasteiger partial charge in [0.05, 0.1) is 12.4 Å². The van der Waals surface area contributed by atoms with Gasteiger partial charge < -0.3 is 21.7 Å². The minimum atomic E-state index is -4.65. The van der Waals surface area contributed by atoms with Crippen molar-refractivity contribution in [2.45, 2.75) is 9.79 Å². The summed E-state index contributed by atoms with van der Waals surface area (Å²) in [5.41, 5.74) is 11.5. The van der Waals surface area contributed by atoms with E-state index in [1.165, 1.54) is 12.1 Å². The zero-order valence-electron chi connectivity index (χ0n) is 17.8. The summed E-state index contributed by atoms with van der Waals surface area (Å²) in [4.78, 5) is -1.44. The molecule has 34 heavy (non-hydrogen) atoms. The van der Waals surface area contributed by atoms with Crippen LogP contribution in [0.25, 0.3) is 0 Å². The van der Waals surface area contributed by atoms with Crippen molar-refractivity contribution in [1.82, 2.24) is 0 Å². The van der Waals surface area contributed by atoms with Crippen molar-refractivity contribution in [3.05, 3.63) is 47.5 Å². The summed E-state index contributed by atoms with van der Waals surface area (Å²) in [6.45, 7) is 0. The van der Waals surface area contributed by atoms with E-state index >= 15 is 0 Å². The molecule has 0 heterocycles. The zero-order valence-corrected chi connectivity index (χ0v) is 23.4. The number of nitrogens with zero attached hydrogens (tertiary/aromatic N) is 4. The molecule has 0 fully saturated rings. The van der Waals surface area contributed by atoms with Gasteiger partial charge in [-0.25, -0.2) is 0 Å². The van der Waals surface area contributed by atoms with Gasteiger partial charge in [0, 0.05) is 59.1 Å². The molecule has 2 aromatic rings. The topological polar surface area (TPSA) is 251 Å². The number of hydrogen-bond acceptors (Lipinski definition) is 10. The van der Waals surface area contributed by atoms with Gasteiger partial charge in [0.25, 0.3) is 20.2 Å². The Kier molecular flexibility index (Phi) is 12.6. The molecule has 8 N–H and O–H groups in total. The van der Waals surface area contributed by atoms with Crippen molar-refractivity contribution in [2.24, 2.45) is 31.9 Å². The first-order valence-electron chi connectivity index (χ1n) is 8.13. The molecule has 0 aliphatic heterocycles. The van der Waals surface area contributed by atoms with Crippen molar-refractivity contribution in [1.29, 1.82) is 0 Å². The molecule has 2 aromatic carbocycles. The third-order valence-electron chi connectivity index (χ3n) is 3.53. The molecule has 0 atom stereocenters. The first kappa shape index (κ1) is 32.1. The van der Waals surface area contributed by atoms with Gasteiger partial charge in [-0.1, -0.05) is 0 Å². The molecule has 0 saturated carbocycles. The molecular formula is C16H16N6Na2O8S2. The molecule has 0 spiro atoms. The van der Waals surface area contributed by atoms with E-state index < -0.39 is 41.5 Å². The van der Waals surface area contributed by atoms with Gasteiger partial charge >= 0.3 is 0 Å². The van der Waals surface area contributed by atoms with E-state index in [9.17, 15) is 27.0 Å². The molecule has 0 saturated heterocycles. The molecule has 18 heteroatoms. The summed E-state index contributed by atoms with van der Waals surface area (Å²) in [7, 11) is -9.29. The monoisotopic (exact) mass is 530 g/mol. The van der Waals surface area contributed by atoms with Crippen LogP contribution in [0, 0.1) is 0 Å². The second kappa shape index (κ2) is 13.3.